The second-order valence-corrected chi connectivity index (χ2v) is 5.24. The number of aryl methyl sites for hydroxylation is 1. The molecule has 98 valence electrons. The Kier molecular flexibility index (Phi) is 3.02. The Hall–Kier alpha value is -1.82. The van der Waals surface area contributed by atoms with E-state index in [4.69, 9.17) is 5.73 Å². The van der Waals surface area contributed by atoms with Crippen LogP contribution in [-0.4, -0.2) is 20.0 Å². The maximum absolute atomic E-state index is 5.91. The third-order valence-corrected chi connectivity index (χ3v) is 3.94. The van der Waals surface area contributed by atoms with Gasteiger partial charge in [-0.2, -0.15) is 10.2 Å². The summed E-state index contributed by atoms with van der Waals surface area (Å²) in [6, 6.07) is 8.10. The van der Waals surface area contributed by atoms with Crippen LogP contribution in [0.2, 0.25) is 0 Å². The van der Waals surface area contributed by atoms with Gasteiger partial charge in [-0.15, -0.1) is 0 Å². The number of halogens is 1. The van der Waals surface area contributed by atoms with Crippen LogP contribution < -0.4 is 5.73 Å². The molecule has 2 heterocycles. The Balaban J connectivity index is 2.09. The number of anilines is 1. The molecule has 0 aliphatic carbocycles. The topological polar surface area (TPSA) is 72.5 Å². The van der Waals surface area contributed by atoms with Gasteiger partial charge >= 0.3 is 0 Å². The molecule has 5 nitrogen and oxygen atoms in total. The van der Waals surface area contributed by atoms with Crippen molar-refractivity contribution >= 4 is 32.8 Å². The van der Waals surface area contributed by atoms with Crippen molar-refractivity contribution in [2.24, 2.45) is 0 Å². The van der Waals surface area contributed by atoms with Crippen molar-refractivity contribution in [3.05, 3.63) is 40.0 Å². The molecule has 0 bridgehead atoms. The predicted octanol–water partition coefficient (Wildman–Crippen LogP) is 2.71. The van der Waals surface area contributed by atoms with Crippen LogP contribution in [0.5, 0.6) is 0 Å². The Bertz CT molecular complexity index is 728. The molecule has 2 aromatic heterocycles. The van der Waals surface area contributed by atoms with Crippen molar-refractivity contribution in [2.75, 3.05) is 5.73 Å². The Morgan fingerprint density at radius 3 is 2.89 bits per heavy atom. The van der Waals surface area contributed by atoms with E-state index in [-0.39, 0.29) is 0 Å². The molecule has 6 heteroatoms. The molecule has 3 aromatic rings. The maximum atomic E-state index is 5.91. The van der Waals surface area contributed by atoms with E-state index in [2.05, 4.69) is 44.2 Å². The van der Waals surface area contributed by atoms with Crippen LogP contribution in [0.25, 0.3) is 11.0 Å². The summed E-state index contributed by atoms with van der Waals surface area (Å²) in [6.07, 6.45) is 0.837. The molecule has 3 N–H and O–H groups in total. The third kappa shape index (κ3) is 2.02. The van der Waals surface area contributed by atoms with Crippen molar-refractivity contribution in [1.82, 2.24) is 20.0 Å². The summed E-state index contributed by atoms with van der Waals surface area (Å²) >= 11 is 3.55. The zero-order valence-corrected chi connectivity index (χ0v) is 12.1. The monoisotopic (exact) mass is 319 g/mol. The van der Waals surface area contributed by atoms with E-state index >= 15 is 0 Å². The fourth-order valence-corrected chi connectivity index (χ4v) is 2.62. The number of nitrogens with two attached hydrogens (primary N) is 1. The maximum Gasteiger partial charge on any atom is 0.182 e. The molecule has 0 saturated heterocycles. The average Bonchev–Trinajstić information content (AvgIpc) is 2.95. The fraction of sp³-hybridized carbons (Fsp3) is 0.231. The molecule has 0 unspecified atom stereocenters. The molecule has 0 aliphatic rings. The number of H-pyrrole nitrogens is 1. The van der Waals surface area contributed by atoms with Gasteiger partial charge in [0, 0.05) is 4.47 Å². The smallest absolute Gasteiger partial charge is 0.182 e. The molecule has 0 spiro atoms. The first-order valence-corrected chi connectivity index (χ1v) is 6.92. The van der Waals surface area contributed by atoms with Crippen LogP contribution >= 0.6 is 15.9 Å². The zero-order valence-electron chi connectivity index (χ0n) is 10.5. The summed E-state index contributed by atoms with van der Waals surface area (Å²) in [4.78, 5) is 0. The number of rotatable bonds is 3. The Morgan fingerprint density at radius 1 is 1.37 bits per heavy atom. The van der Waals surface area contributed by atoms with Crippen LogP contribution in [0.3, 0.4) is 0 Å². The van der Waals surface area contributed by atoms with Crippen molar-refractivity contribution in [3.63, 3.8) is 0 Å². The van der Waals surface area contributed by atoms with Crippen molar-refractivity contribution in [1.29, 1.82) is 0 Å². The van der Waals surface area contributed by atoms with Crippen molar-refractivity contribution < 1.29 is 0 Å². The number of aromatic amines is 1. The summed E-state index contributed by atoms with van der Waals surface area (Å²) in [5.41, 5.74) is 8.86. The summed E-state index contributed by atoms with van der Waals surface area (Å²) in [5.74, 6) is 0.588. The molecule has 19 heavy (non-hydrogen) atoms. The Morgan fingerprint density at radius 2 is 2.16 bits per heavy atom. The normalized spacial score (nSPS) is 11.3. The quantitative estimate of drug-likeness (QED) is 0.779. The lowest BCUT2D eigenvalue weighted by Crippen LogP contribution is -2.03. The fourth-order valence-electron chi connectivity index (χ4n) is 2.21. The predicted molar refractivity (Wildman–Crippen MR) is 78.9 cm³/mol. The lowest BCUT2D eigenvalue weighted by atomic mass is 10.2. The number of fused-ring (bicyclic) bond motifs is 1. The van der Waals surface area contributed by atoms with E-state index in [1.54, 1.807) is 0 Å². The summed E-state index contributed by atoms with van der Waals surface area (Å²) in [7, 11) is 0. The molecule has 0 saturated carbocycles. The number of hydrogen-bond acceptors (Lipinski definition) is 3. The van der Waals surface area contributed by atoms with Crippen molar-refractivity contribution in [2.45, 2.75) is 19.9 Å². The number of hydrogen-bond donors (Lipinski definition) is 2. The first-order valence-electron chi connectivity index (χ1n) is 6.13. The minimum Gasteiger partial charge on any atom is -0.383 e. The SMILES string of the molecule is CCc1nn(Cc2ccccc2Br)c2n[nH]c(N)c12. The number of nitrogens with one attached hydrogen (secondary N) is 1. The van der Waals surface area contributed by atoms with Crippen LogP contribution in [0, 0.1) is 0 Å². The van der Waals surface area contributed by atoms with Crippen LogP contribution in [-0.2, 0) is 13.0 Å². The largest absolute Gasteiger partial charge is 0.383 e. The highest BCUT2D eigenvalue weighted by atomic mass is 79.9. The van der Waals surface area contributed by atoms with E-state index in [1.807, 2.05) is 22.9 Å². The average molecular weight is 320 g/mol. The second kappa shape index (κ2) is 4.70. The summed E-state index contributed by atoms with van der Waals surface area (Å²) in [5, 5.41) is 12.6. The molecular formula is C13H14BrN5. The molecule has 1 aromatic carbocycles. The summed E-state index contributed by atoms with van der Waals surface area (Å²) < 4.78 is 2.96. The van der Waals surface area contributed by atoms with Crippen LogP contribution in [0.4, 0.5) is 5.82 Å². The second-order valence-electron chi connectivity index (χ2n) is 4.39. The number of nitrogens with zero attached hydrogens (tertiary/aromatic N) is 3. The number of benzene rings is 1. The number of aromatic nitrogens is 4. The molecule has 3 rings (SSSR count). The zero-order chi connectivity index (χ0) is 13.4. The standard InChI is InChI=1S/C13H14BrN5/c1-2-10-11-12(15)16-17-13(11)19(18-10)7-8-5-3-4-6-9(8)14/h3-6H,2,7H2,1H3,(H3,15,16,17). The minimum absolute atomic E-state index is 0.588. The Labute approximate surface area is 118 Å². The van der Waals surface area contributed by atoms with Gasteiger partial charge in [-0.25, -0.2) is 4.68 Å². The molecule has 0 amide bonds. The van der Waals surface area contributed by atoms with Gasteiger partial charge in [-0.1, -0.05) is 41.1 Å². The van der Waals surface area contributed by atoms with Crippen LogP contribution in [0.1, 0.15) is 18.2 Å². The van der Waals surface area contributed by atoms with Gasteiger partial charge in [0.25, 0.3) is 0 Å². The van der Waals surface area contributed by atoms with E-state index in [0.29, 0.717) is 12.4 Å². The van der Waals surface area contributed by atoms with Gasteiger partial charge in [0.2, 0.25) is 0 Å². The first kappa shape index (κ1) is 12.2. The first-order chi connectivity index (χ1) is 9.20. The molecule has 0 fully saturated rings. The van der Waals surface area contributed by atoms with Gasteiger partial charge in [0.1, 0.15) is 5.82 Å². The number of nitrogen functional groups attached to an aromatic ring is 1. The van der Waals surface area contributed by atoms with Gasteiger partial charge in [0.05, 0.1) is 17.6 Å². The summed E-state index contributed by atoms with van der Waals surface area (Å²) in [6.45, 7) is 2.74. The molecular weight excluding hydrogens is 306 g/mol. The van der Waals surface area contributed by atoms with E-state index in [0.717, 1.165) is 33.2 Å². The van der Waals surface area contributed by atoms with E-state index < -0.39 is 0 Å². The lowest BCUT2D eigenvalue weighted by molar-refractivity contribution is 0.683. The van der Waals surface area contributed by atoms with Gasteiger partial charge < -0.3 is 5.73 Å². The van der Waals surface area contributed by atoms with Gasteiger partial charge in [-0.3, -0.25) is 5.10 Å². The molecule has 0 atom stereocenters. The highest BCUT2D eigenvalue weighted by Gasteiger charge is 2.15. The van der Waals surface area contributed by atoms with E-state index in [1.165, 1.54) is 0 Å². The minimum atomic E-state index is 0.588. The molecule has 0 aliphatic heterocycles. The highest BCUT2D eigenvalue weighted by molar-refractivity contribution is 9.10. The van der Waals surface area contributed by atoms with Gasteiger partial charge in [0.15, 0.2) is 5.65 Å². The van der Waals surface area contributed by atoms with Gasteiger partial charge in [-0.05, 0) is 18.1 Å². The lowest BCUT2D eigenvalue weighted by Gasteiger charge is -2.04. The van der Waals surface area contributed by atoms with Crippen molar-refractivity contribution in [3.8, 4) is 0 Å². The third-order valence-electron chi connectivity index (χ3n) is 3.16. The molecule has 0 radical (unpaired) electrons. The van der Waals surface area contributed by atoms with Crippen LogP contribution in [0.15, 0.2) is 28.7 Å². The highest BCUT2D eigenvalue weighted by Crippen LogP contribution is 2.24. The van der Waals surface area contributed by atoms with E-state index in [9.17, 15) is 0 Å².